The third kappa shape index (κ3) is 2.95. The number of rotatable bonds is 3. The standard InChI is InChI=1S/C11H14BrClN2O/c1-11(2,7-13)15(3)10(16)8-4-9(12)6-14-5-8/h4-6H,7H2,1-3H3. The summed E-state index contributed by atoms with van der Waals surface area (Å²) in [4.78, 5) is 17.7. The van der Waals surface area contributed by atoms with Crippen LogP contribution < -0.4 is 0 Å². The van der Waals surface area contributed by atoms with E-state index in [0.29, 0.717) is 11.4 Å². The molecule has 0 N–H and O–H groups in total. The number of nitrogens with zero attached hydrogens (tertiary/aromatic N) is 2. The van der Waals surface area contributed by atoms with Crippen molar-refractivity contribution in [3.63, 3.8) is 0 Å². The van der Waals surface area contributed by atoms with Crippen LogP contribution in [0.25, 0.3) is 0 Å². The maximum atomic E-state index is 12.1. The Kier molecular flexibility index (Phi) is 4.33. The van der Waals surface area contributed by atoms with Crippen LogP contribution in [0, 0.1) is 0 Å². The van der Waals surface area contributed by atoms with Crippen LogP contribution in [0.3, 0.4) is 0 Å². The minimum absolute atomic E-state index is 0.0838. The second kappa shape index (κ2) is 5.15. The fourth-order valence-electron chi connectivity index (χ4n) is 1.09. The molecule has 1 heterocycles. The lowest BCUT2D eigenvalue weighted by molar-refractivity contribution is 0.0659. The average Bonchev–Trinajstić information content (AvgIpc) is 2.27. The molecule has 5 heteroatoms. The number of hydrogen-bond donors (Lipinski definition) is 0. The van der Waals surface area contributed by atoms with Gasteiger partial charge in [-0.3, -0.25) is 9.78 Å². The summed E-state index contributed by atoms with van der Waals surface area (Å²) in [5, 5.41) is 0. The minimum Gasteiger partial charge on any atom is -0.335 e. The molecule has 0 aliphatic carbocycles. The summed E-state index contributed by atoms with van der Waals surface area (Å²) in [6, 6.07) is 1.75. The van der Waals surface area contributed by atoms with Gasteiger partial charge in [0.1, 0.15) is 0 Å². The Morgan fingerprint density at radius 2 is 2.19 bits per heavy atom. The van der Waals surface area contributed by atoms with Crippen LogP contribution >= 0.6 is 27.5 Å². The van der Waals surface area contributed by atoms with Crippen LogP contribution in [0.4, 0.5) is 0 Å². The number of carbonyl (C=O) groups excluding carboxylic acids is 1. The van der Waals surface area contributed by atoms with Gasteiger partial charge >= 0.3 is 0 Å². The SMILES string of the molecule is CN(C(=O)c1cncc(Br)c1)C(C)(C)CCl. The van der Waals surface area contributed by atoms with Gasteiger partial charge in [-0.25, -0.2) is 0 Å². The number of aromatic nitrogens is 1. The fraction of sp³-hybridized carbons (Fsp3) is 0.455. The Labute approximate surface area is 109 Å². The molecule has 1 rings (SSSR count). The molecule has 1 aromatic rings. The molecule has 1 amide bonds. The number of hydrogen-bond acceptors (Lipinski definition) is 2. The first kappa shape index (κ1) is 13.5. The molecule has 0 bridgehead atoms. The lowest BCUT2D eigenvalue weighted by Gasteiger charge is -2.33. The Balaban J connectivity index is 2.95. The predicted molar refractivity (Wildman–Crippen MR) is 68.8 cm³/mol. The van der Waals surface area contributed by atoms with Crippen molar-refractivity contribution >= 4 is 33.4 Å². The molecule has 0 unspecified atom stereocenters. The number of halogens is 2. The van der Waals surface area contributed by atoms with E-state index in [2.05, 4.69) is 20.9 Å². The summed E-state index contributed by atoms with van der Waals surface area (Å²) in [5.74, 6) is 0.302. The van der Waals surface area contributed by atoms with Crippen LogP contribution in [0.1, 0.15) is 24.2 Å². The summed E-state index contributed by atoms with van der Waals surface area (Å²) in [6.45, 7) is 3.84. The number of amides is 1. The van der Waals surface area contributed by atoms with Crippen molar-refractivity contribution in [2.45, 2.75) is 19.4 Å². The summed E-state index contributed by atoms with van der Waals surface area (Å²) in [7, 11) is 1.74. The van der Waals surface area contributed by atoms with Gasteiger partial charge in [-0.2, -0.15) is 0 Å². The molecule has 3 nitrogen and oxygen atoms in total. The van der Waals surface area contributed by atoms with E-state index in [1.54, 1.807) is 30.4 Å². The summed E-state index contributed by atoms with van der Waals surface area (Å²) >= 11 is 9.12. The van der Waals surface area contributed by atoms with Crippen LogP contribution in [-0.2, 0) is 0 Å². The van der Waals surface area contributed by atoms with Gasteiger partial charge in [0.25, 0.3) is 5.91 Å². The molecule has 16 heavy (non-hydrogen) atoms. The number of pyridine rings is 1. The van der Waals surface area contributed by atoms with Crippen molar-refractivity contribution in [3.8, 4) is 0 Å². The molecule has 0 saturated heterocycles. The van der Waals surface area contributed by atoms with Gasteiger partial charge < -0.3 is 4.90 Å². The molecule has 0 aromatic carbocycles. The second-order valence-electron chi connectivity index (χ2n) is 4.20. The van der Waals surface area contributed by atoms with Gasteiger partial charge in [0, 0.05) is 29.8 Å². The molecule has 1 aromatic heterocycles. The van der Waals surface area contributed by atoms with Gasteiger partial charge in [0.15, 0.2) is 0 Å². The molecular weight excluding hydrogens is 291 g/mol. The highest BCUT2D eigenvalue weighted by atomic mass is 79.9. The summed E-state index contributed by atoms with van der Waals surface area (Å²) < 4.78 is 0.787. The summed E-state index contributed by atoms with van der Waals surface area (Å²) in [5.41, 5.74) is 0.177. The Bertz CT molecular complexity index is 395. The second-order valence-corrected chi connectivity index (χ2v) is 5.39. The largest absolute Gasteiger partial charge is 0.335 e. The summed E-state index contributed by atoms with van der Waals surface area (Å²) in [6.07, 6.45) is 3.19. The Hall–Kier alpha value is -0.610. The minimum atomic E-state index is -0.374. The number of alkyl halides is 1. The van der Waals surface area contributed by atoms with E-state index < -0.39 is 0 Å². The molecule has 0 aliphatic heterocycles. The van der Waals surface area contributed by atoms with E-state index >= 15 is 0 Å². The maximum absolute atomic E-state index is 12.1. The highest BCUT2D eigenvalue weighted by Gasteiger charge is 2.27. The first-order chi connectivity index (χ1) is 7.38. The normalized spacial score (nSPS) is 11.3. The quantitative estimate of drug-likeness (QED) is 0.805. The zero-order valence-electron chi connectivity index (χ0n) is 9.50. The average molecular weight is 306 g/mol. The van der Waals surface area contributed by atoms with Gasteiger partial charge in [0.05, 0.1) is 11.1 Å². The highest BCUT2D eigenvalue weighted by molar-refractivity contribution is 9.10. The van der Waals surface area contributed by atoms with Crippen LogP contribution in [0.5, 0.6) is 0 Å². The molecule has 0 atom stereocenters. The predicted octanol–water partition coefficient (Wildman–Crippen LogP) is 2.93. The first-order valence-electron chi connectivity index (χ1n) is 4.83. The maximum Gasteiger partial charge on any atom is 0.255 e. The van der Waals surface area contributed by atoms with E-state index in [1.807, 2.05) is 13.8 Å². The van der Waals surface area contributed by atoms with E-state index in [-0.39, 0.29) is 11.4 Å². The monoisotopic (exact) mass is 304 g/mol. The molecule has 0 saturated carbocycles. The van der Waals surface area contributed by atoms with E-state index in [9.17, 15) is 4.79 Å². The van der Waals surface area contributed by atoms with Gasteiger partial charge in [0.2, 0.25) is 0 Å². The van der Waals surface area contributed by atoms with E-state index in [4.69, 9.17) is 11.6 Å². The molecule has 0 aliphatic rings. The molecular formula is C11H14BrClN2O. The lowest BCUT2D eigenvalue weighted by Crippen LogP contribution is -2.46. The van der Waals surface area contributed by atoms with Crippen LogP contribution in [0.2, 0.25) is 0 Å². The third-order valence-electron chi connectivity index (χ3n) is 2.49. The molecule has 0 radical (unpaired) electrons. The fourth-order valence-corrected chi connectivity index (χ4v) is 1.63. The molecule has 0 spiro atoms. The number of carbonyl (C=O) groups is 1. The van der Waals surface area contributed by atoms with Crippen LogP contribution in [-0.4, -0.2) is 34.3 Å². The molecule has 0 fully saturated rings. The first-order valence-corrected chi connectivity index (χ1v) is 6.16. The van der Waals surface area contributed by atoms with Crippen molar-refractivity contribution < 1.29 is 4.79 Å². The highest BCUT2D eigenvalue weighted by Crippen LogP contribution is 2.18. The zero-order valence-corrected chi connectivity index (χ0v) is 11.8. The molecule has 88 valence electrons. The van der Waals surface area contributed by atoms with Crippen molar-refractivity contribution in [2.75, 3.05) is 12.9 Å². The van der Waals surface area contributed by atoms with Crippen molar-refractivity contribution in [2.24, 2.45) is 0 Å². The van der Waals surface area contributed by atoms with Crippen molar-refractivity contribution in [1.29, 1.82) is 0 Å². The Morgan fingerprint density at radius 3 is 2.69 bits per heavy atom. The van der Waals surface area contributed by atoms with Gasteiger partial charge in [-0.1, -0.05) is 0 Å². The smallest absolute Gasteiger partial charge is 0.255 e. The van der Waals surface area contributed by atoms with E-state index in [1.165, 1.54) is 0 Å². The Morgan fingerprint density at radius 1 is 1.56 bits per heavy atom. The van der Waals surface area contributed by atoms with Crippen LogP contribution in [0.15, 0.2) is 22.9 Å². The van der Waals surface area contributed by atoms with Crippen molar-refractivity contribution in [1.82, 2.24) is 9.88 Å². The van der Waals surface area contributed by atoms with Gasteiger partial charge in [-0.05, 0) is 35.8 Å². The van der Waals surface area contributed by atoms with Gasteiger partial charge in [-0.15, -0.1) is 11.6 Å². The lowest BCUT2D eigenvalue weighted by atomic mass is 10.1. The van der Waals surface area contributed by atoms with E-state index in [0.717, 1.165) is 4.47 Å². The topological polar surface area (TPSA) is 33.2 Å². The third-order valence-corrected chi connectivity index (χ3v) is 3.58. The zero-order chi connectivity index (χ0) is 12.3. The van der Waals surface area contributed by atoms with Crippen molar-refractivity contribution in [3.05, 3.63) is 28.5 Å².